The number of hydrogen-bond acceptors (Lipinski definition) is 5. The highest BCUT2D eigenvalue weighted by Crippen LogP contribution is 2.25. The first-order valence-corrected chi connectivity index (χ1v) is 11.7. The summed E-state index contributed by atoms with van der Waals surface area (Å²) >= 11 is 0. The van der Waals surface area contributed by atoms with Gasteiger partial charge >= 0.3 is 0 Å². The van der Waals surface area contributed by atoms with Crippen molar-refractivity contribution in [1.29, 1.82) is 0 Å². The highest BCUT2D eigenvalue weighted by Gasteiger charge is 2.18. The molecule has 2 unspecified atom stereocenters. The number of benzene rings is 3. The summed E-state index contributed by atoms with van der Waals surface area (Å²) in [5.74, 6) is -0.255. The van der Waals surface area contributed by atoms with Crippen LogP contribution in [0.2, 0.25) is 0 Å². The van der Waals surface area contributed by atoms with Gasteiger partial charge in [0.25, 0.3) is 5.91 Å². The summed E-state index contributed by atoms with van der Waals surface area (Å²) in [6, 6.07) is 27.1. The molecule has 0 aliphatic rings. The smallest absolute Gasteiger partial charge is 0.274 e. The van der Waals surface area contributed by atoms with E-state index in [1.165, 1.54) is 0 Å². The second-order valence-electron chi connectivity index (χ2n) is 8.64. The zero-order valence-electron chi connectivity index (χ0n) is 20.0. The highest BCUT2D eigenvalue weighted by molar-refractivity contribution is 6.03. The van der Waals surface area contributed by atoms with Crippen molar-refractivity contribution in [3.63, 3.8) is 0 Å². The average molecular weight is 470 g/mol. The summed E-state index contributed by atoms with van der Waals surface area (Å²) in [5.41, 5.74) is 11.5. The first-order valence-electron chi connectivity index (χ1n) is 11.7. The van der Waals surface area contributed by atoms with E-state index in [1.807, 2.05) is 85.8 Å². The molecule has 0 bridgehead atoms. The molecule has 4 aromatic rings. The van der Waals surface area contributed by atoms with Crippen LogP contribution in [0.15, 0.2) is 84.9 Å². The van der Waals surface area contributed by atoms with Gasteiger partial charge in [0.2, 0.25) is 0 Å². The van der Waals surface area contributed by atoms with Crippen molar-refractivity contribution in [2.45, 2.75) is 32.5 Å². The predicted molar refractivity (Wildman–Crippen MR) is 139 cm³/mol. The summed E-state index contributed by atoms with van der Waals surface area (Å²) in [5, 5.41) is 20.8. The number of aryl methyl sites for hydroxylation is 1. The summed E-state index contributed by atoms with van der Waals surface area (Å²) in [7, 11) is 0. The molecule has 3 aromatic carbocycles. The van der Waals surface area contributed by atoms with Gasteiger partial charge in [0, 0.05) is 18.8 Å². The third kappa shape index (κ3) is 6.02. The van der Waals surface area contributed by atoms with Crippen molar-refractivity contribution < 1.29 is 9.90 Å². The minimum absolute atomic E-state index is 0.130. The van der Waals surface area contributed by atoms with Gasteiger partial charge in [0.15, 0.2) is 0 Å². The van der Waals surface area contributed by atoms with E-state index in [2.05, 4.69) is 15.7 Å². The quantitative estimate of drug-likeness (QED) is 0.297. The highest BCUT2D eigenvalue weighted by atomic mass is 16.3. The van der Waals surface area contributed by atoms with E-state index >= 15 is 0 Å². The van der Waals surface area contributed by atoms with E-state index < -0.39 is 6.10 Å². The molecule has 0 radical (unpaired) electrons. The molecule has 7 heteroatoms. The second kappa shape index (κ2) is 11.1. The lowest BCUT2D eigenvalue weighted by molar-refractivity contribution is 0.101. The van der Waals surface area contributed by atoms with Crippen LogP contribution in [-0.4, -0.2) is 33.4 Å². The number of nitrogens with zero attached hydrogens (tertiary/aromatic N) is 2. The predicted octanol–water partition coefficient (Wildman–Crippen LogP) is 3.95. The Kier molecular flexibility index (Phi) is 7.72. The van der Waals surface area contributed by atoms with E-state index in [1.54, 1.807) is 17.7 Å². The lowest BCUT2D eigenvalue weighted by Gasteiger charge is -2.21. The molecular weight excluding hydrogens is 438 g/mol. The number of aromatic nitrogens is 2. The Labute approximate surface area is 205 Å². The van der Waals surface area contributed by atoms with Crippen LogP contribution in [0.4, 0.5) is 5.69 Å². The van der Waals surface area contributed by atoms with Gasteiger partial charge in [0.05, 0.1) is 23.5 Å². The molecule has 0 fully saturated rings. The topological polar surface area (TPSA) is 105 Å². The molecule has 35 heavy (non-hydrogen) atoms. The van der Waals surface area contributed by atoms with Gasteiger partial charge in [-0.05, 0) is 60.9 Å². The molecule has 4 rings (SSSR count). The first kappa shape index (κ1) is 24.3. The van der Waals surface area contributed by atoms with Crippen molar-refractivity contribution in [2.75, 3.05) is 11.9 Å². The van der Waals surface area contributed by atoms with Crippen molar-refractivity contribution >= 4 is 11.6 Å². The molecule has 0 spiro atoms. The maximum absolute atomic E-state index is 13.3. The van der Waals surface area contributed by atoms with Crippen LogP contribution in [0.5, 0.6) is 0 Å². The number of amides is 1. The minimum atomic E-state index is -0.481. The standard InChI is InChI=1S/C28H31N5O2/c1-19-14-26(33(32-19)25-13-6-8-21(15-25)17-29)28(35)31-24-12-7-11-23(16-24)27(30-18-20(2)34)22-9-4-3-5-10-22/h3-16,20,27,30,34H,17-18,29H2,1-2H3,(H,31,35). The Morgan fingerprint density at radius 2 is 1.74 bits per heavy atom. The Balaban J connectivity index is 1.61. The fraction of sp³-hybridized carbons (Fsp3) is 0.214. The number of anilines is 1. The van der Waals surface area contributed by atoms with Crippen molar-refractivity contribution in [1.82, 2.24) is 15.1 Å². The van der Waals surface area contributed by atoms with Gasteiger partial charge in [-0.2, -0.15) is 5.10 Å². The number of carbonyl (C=O) groups is 1. The van der Waals surface area contributed by atoms with Crippen LogP contribution in [0, 0.1) is 6.92 Å². The summed E-state index contributed by atoms with van der Waals surface area (Å²) in [6.45, 7) is 4.46. The molecule has 1 amide bonds. The third-order valence-electron chi connectivity index (χ3n) is 5.68. The van der Waals surface area contributed by atoms with Crippen molar-refractivity contribution in [3.8, 4) is 5.69 Å². The van der Waals surface area contributed by atoms with Crippen LogP contribution in [0.25, 0.3) is 5.69 Å². The van der Waals surface area contributed by atoms with Crippen molar-refractivity contribution in [2.24, 2.45) is 5.73 Å². The summed E-state index contributed by atoms with van der Waals surface area (Å²) in [6.07, 6.45) is -0.481. The Morgan fingerprint density at radius 3 is 2.49 bits per heavy atom. The van der Waals surface area contributed by atoms with E-state index in [-0.39, 0.29) is 11.9 Å². The van der Waals surface area contributed by atoms with Gasteiger partial charge in [-0.25, -0.2) is 4.68 Å². The number of rotatable bonds is 9. The van der Waals surface area contributed by atoms with Crippen LogP contribution in [0.3, 0.4) is 0 Å². The molecule has 0 aliphatic heterocycles. The Morgan fingerprint density at radius 1 is 1.00 bits per heavy atom. The van der Waals surface area contributed by atoms with Gasteiger partial charge in [-0.15, -0.1) is 0 Å². The largest absolute Gasteiger partial charge is 0.392 e. The van der Waals surface area contributed by atoms with Crippen LogP contribution in [0.1, 0.15) is 45.8 Å². The SMILES string of the molecule is Cc1cc(C(=O)Nc2cccc(C(NCC(C)O)c3ccccc3)c2)n(-c2cccc(CN)c2)n1. The first-order chi connectivity index (χ1) is 16.9. The number of carbonyl (C=O) groups excluding carboxylic acids is 1. The van der Waals surface area contributed by atoms with Gasteiger partial charge in [-0.3, -0.25) is 4.79 Å². The average Bonchev–Trinajstić information content (AvgIpc) is 3.27. The van der Waals surface area contributed by atoms with Crippen LogP contribution in [-0.2, 0) is 6.54 Å². The Hall–Kier alpha value is -3.78. The number of nitrogens with two attached hydrogens (primary N) is 1. The number of nitrogens with one attached hydrogen (secondary N) is 2. The molecular formula is C28H31N5O2. The van der Waals surface area contributed by atoms with Crippen molar-refractivity contribution in [3.05, 3.63) is 113 Å². The van der Waals surface area contributed by atoms with E-state index in [4.69, 9.17) is 5.73 Å². The molecule has 2 atom stereocenters. The molecule has 0 saturated carbocycles. The summed E-state index contributed by atoms with van der Waals surface area (Å²) < 4.78 is 1.64. The maximum atomic E-state index is 13.3. The minimum Gasteiger partial charge on any atom is -0.392 e. The molecule has 180 valence electrons. The molecule has 7 nitrogen and oxygen atoms in total. The molecule has 0 saturated heterocycles. The number of aliphatic hydroxyl groups is 1. The second-order valence-corrected chi connectivity index (χ2v) is 8.64. The maximum Gasteiger partial charge on any atom is 0.274 e. The normalized spacial score (nSPS) is 12.8. The molecule has 0 aliphatic carbocycles. The monoisotopic (exact) mass is 469 g/mol. The van der Waals surface area contributed by atoms with Crippen LogP contribution >= 0.6 is 0 Å². The lowest BCUT2D eigenvalue weighted by Crippen LogP contribution is -2.29. The molecule has 1 heterocycles. The zero-order chi connectivity index (χ0) is 24.8. The van der Waals surface area contributed by atoms with E-state index in [0.717, 1.165) is 28.1 Å². The Bertz CT molecular complexity index is 1280. The van der Waals surface area contributed by atoms with Gasteiger partial charge < -0.3 is 21.5 Å². The molecule has 5 N–H and O–H groups in total. The summed E-state index contributed by atoms with van der Waals surface area (Å²) in [4.78, 5) is 13.3. The molecule has 1 aromatic heterocycles. The fourth-order valence-corrected chi connectivity index (χ4v) is 4.03. The van der Waals surface area contributed by atoms with Gasteiger partial charge in [0.1, 0.15) is 5.69 Å². The van der Waals surface area contributed by atoms with Gasteiger partial charge in [-0.1, -0.05) is 54.6 Å². The number of hydrogen-bond donors (Lipinski definition) is 4. The van der Waals surface area contributed by atoms with Crippen LogP contribution < -0.4 is 16.4 Å². The van der Waals surface area contributed by atoms with E-state index in [0.29, 0.717) is 24.5 Å². The van der Waals surface area contributed by atoms with E-state index in [9.17, 15) is 9.90 Å². The number of aliphatic hydroxyl groups excluding tert-OH is 1. The lowest BCUT2D eigenvalue weighted by atomic mass is 9.98. The third-order valence-corrected chi connectivity index (χ3v) is 5.68. The zero-order valence-corrected chi connectivity index (χ0v) is 20.0. The fourth-order valence-electron chi connectivity index (χ4n) is 4.03.